The molecule has 0 heterocycles. The van der Waals surface area contributed by atoms with Crippen LogP contribution in [0.4, 0.5) is 17.1 Å². The van der Waals surface area contributed by atoms with E-state index in [-0.39, 0.29) is 5.41 Å². The lowest BCUT2D eigenvalue weighted by atomic mass is 9.81. The number of rotatable bonds is 7. The van der Waals surface area contributed by atoms with E-state index in [9.17, 15) is 0 Å². The summed E-state index contributed by atoms with van der Waals surface area (Å²) in [7, 11) is 0. The van der Waals surface area contributed by atoms with Crippen LogP contribution in [-0.4, -0.2) is 0 Å². The largest absolute Gasteiger partial charge is 0.310 e. The van der Waals surface area contributed by atoms with E-state index in [1.165, 1.54) is 77.5 Å². The van der Waals surface area contributed by atoms with Crippen molar-refractivity contribution in [2.75, 3.05) is 4.90 Å². The molecule has 56 heavy (non-hydrogen) atoms. The Morgan fingerprint density at radius 2 is 0.857 bits per heavy atom. The molecule has 10 rings (SSSR count). The first-order valence-corrected chi connectivity index (χ1v) is 19.5. The van der Waals surface area contributed by atoms with Gasteiger partial charge < -0.3 is 4.90 Å². The highest BCUT2D eigenvalue weighted by atomic mass is 15.1. The number of benzene rings is 9. The molecule has 9 aromatic rings. The second kappa shape index (κ2) is 13.7. The molecule has 1 heteroatoms. The van der Waals surface area contributed by atoms with Gasteiger partial charge in [0.2, 0.25) is 0 Å². The highest BCUT2D eigenvalue weighted by molar-refractivity contribution is 5.92. The van der Waals surface area contributed by atoms with Crippen molar-refractivity contribution in [3.63, 3.8) is 0 Å². The molecule has 0 radical (unpaired) electrons. The molecule has 1 nitrogen and oxygen atoms in total. The van der Waals surface area contributed by atoms with Crippen molar-refractivity contribution in [1.29, 1.82) is 0 Å². The molecule has 0 amide bonds. The standard InChI is InChI=1S/C55H41N/c1-55(2)52-24-10-8-23-50(52)51-33-30-45(37-53(51)55)40-28-31-47(32-29-40)56(48-21-13-19-43(36-48)44-27-26-39-16-6-7-17-41(39)34-44)54-25-11-9-22-49(54)46-20-12-18-42(35-46)38-14-4-3-5-15-38/h3-37H,1-2H3. The average Bonchev–Trinajstić information content (AvgIpc) is 3.49. The zero-order valence-corrected chi connectivity index (χ0v) is 31.7. The fourth-order valence-electron chi connectivity index (χ4n) is 8.72. The molecular weight excluding hydrogens is 675 g/mol. The fraction of sp³-hybridized carbons (Fsp3) is 0.0545. The van der Waals surface area contributed by atoms with Crippen LogP contribution >= 0.6 is 0 Å². The Bertz CT molecular complexity index is 2880. The van der Waals surface area contributed by atoms with E-state index >= 15 is 0 Å². The summed E-state index contributed by atoms with van der Waals surface area (Å²) in [6.45, 7) is 4.70. The molecule has 0 fully saturated rings. The van der Waals surface area contributed by atoms with Gasteiger partial charge in [0.25, 0.3) is 0 Å². The number of hydrogen-bond acceptors (Lipinski definition) is 1. The Kier molecular flexibility index (Phi) is 8.23. The van der Waals surface area contributed by atoms with Crippen LogP contribution in [0.15, 0.2) is 212 Å². The minimum atomic E-state index is -0.0454. The second-order valence-corrected chi connectivity index (χ2v) is 15.4. The highest BCUT2D eigenvalue weighted by Gasteiger charge is 2.35. The topological polar surface area (TPSA) is 3.24 Å². The van der Waals surface area contributed by atoms with Gasteiger partial charge in [-0.2, -0.15) is 0 Å². The van der Waals surface area contributed by atoms with Gasteiger partial charge in [-0.15, -0.1) is 0 Å². The molecule has 0 saturated carbocycles. The maximum atomic E-state index is 2.42. The van der Waals surface area contributed by atoms with Gasteiger partial charge in [-0.1, -0.05) is 178 Å². The first-order valence-electron chi connectivity index (χ1n) is 19.5. The fourth-order valence-corrected chi connectivity index (χ4v) is 8.72. The lowest BCUT2D eigenvalue weighted by Crippen LogP contribution is -2.14. The summed E-state index contributed by atoms with van der Waals surface area (Å²) in [6.07, 6.45) is 0. The van der Waals surface area contributed by atoms with Crippen LogP contribution in [0.1, 0.15) is 25.0 Å². The summed E-state index contributed by atoms with van der Waals surface area (Å²) < 4.78 is 0. The molecule has 0 aliphatic heterocycles. The summed E-state index contributed by atoms with van der Waals surface area (Å²) >= 11 is 0. The number of nitrogens with zero attached hydrogens (tertiary/aromatic N) is 1. The molecule has 0 saturated heterocycles. The summed E-state index contributed by atoms with van der Waals surface area (Å²) in [4.78, 5) is 2.42. The summed E-state index contributed by atoms with van der Waals surface area (Å²) in [5.41, 5.74) is 18.3. The zero-order valence-electron chi connectivity index (χ0n) is 31.7. The summed E-state index contributed by atoms with van der Waals surface area (Å²) in [6, 6.07) is 77.6. The van der Waals surface area contributed by atoms with Gasteiger partial charge in [0, 0.05) is 22.4 Å². The Morgan fingerprint density at radius 3 is 1.70 bits per heavy atom. The van der Waals surface area contributed by atoms with Gasteiger partial charge >= 0.3 is 0 Å². The van der Waals surface area contributed by atoms with Crippen molar-refractivity contribution in [3.05, 3.63) is 223 Å². The van der Waals surface area contributed by atoms with Crippen LogP contribution in [0.25, 0.3) is 66.4 Å². The van der Waals surface area contributed by atoms with Crippen LogP contribution in [0.3, 0.4) is 0 Å². The van der Waals surface area contributed by atoms with E-state index in [1.807, 2.05) is 0 Å². The smallest absolute Gasteiger partial charge is 0.0540 e. The summed E-state index contributed by atoms with van der Waals surface area (Å²) in [5, 5.41) is 2.49. The van der Waals surface area contributed by atoms with Crippen LogP contribution in [0.2, 0.25) is 0 Å². The van der Waals surface area contributed by atoms with Crippen molar-refractivity contribution in [2.24, 2.45) is 0 Å². The maximum Gasteiger partial charge on any atom is 0.0540 e. The quantitative estimate of drug-likeness (QED) is 0.159. The lowest BCUT2D eigenvalue weighted by molar-refractivity contribution is 0.660. The van der Waals surface area contributed by atoms with E-state index in [0.717, 1.165) is 17.1 Å². The third-order valence-electron chi connectivity index (χ3n) is 11.7. The van der Waals surface area contributed by atoms with Crippen molar-refractivity contribution < 1.29 is 0 Å². The van der Waals surface area contributed by atoms with Crippen LogP contribution < -0.4 is 4.90 Å². The SMILES string of the molecule is CC1(C)c2ccccc2-c2ccc(-c3ccc(N(c4cccc(-c5ccc6ccccc6c5)c4)c4ccccc4-c4cccc(-c5ccccc5)c4)cc3)cc21. The van der Waals surface area contributed by atoms with E-state index < -0.39 is 0 Å². The van der Waals surface area contributed by atoms with Gasteiger partial charge in [-0.3, -0.25) is 0 Å². The number of fused-ring (bicyclic) bond motifs is 4. The average molecular weight is 716 g/mol. The Balaban J connectivity index is 1.09. The Morgan fingerprint density at radius 1 is 0.304 bits per heavy atom. The molecule has 0 aromatic heterocycles. The molecule has 266 valence electrons. The van der Waals surface area contributed by atoms with Crippen molar-refractivity contribution in [1.82, 2.24) is 0 Å². The molecule has 0 unspecified atom stereocenters. The van der Waals surface area contributed by atoms with Crippen LogP contribution in [0, 0.1) is 0 Å². The third kappa shape index (κ3) is 5.90. The lowest BCUT2D eigenvalue weighted by Gasteiger charge is -2.28. The van der Waals surface area contributed by atoms with Gasteiger partial charge in [-0.05, 0) is 121 Å². The second-order valence-electron chi connectivity index (χ2n) is 15.4. The monoisotopic (exact) mass is 715 g/mol. The predicted octanol–water partition coefficient (Wildman–Crippen LogP) is 15.3. The first-order chi connectivity index (χ1) is 27.5. The predicted molar refractivity (Wildman–Crippen MR) is 238 cm³/mol. The van der Waals surface area contributed by atoms with Crippen molar-refractivity contribution in [3.8, 4) is 55.6 Å². The van der Waals surface area contributed by atoms with Crippen LogP contribution in [0.5, 0.6) is 0 Å². The number of para-hydroxylation sites is 1. The molecule has 1 aliphatic rings. The molecule has 0 bridgehead atoms. The maximum absolute atomic E-state index is 2.42. The van der Waals surface area contributed by atoms with Gasteiger partial charge in [-0.25, -0.2) is 0 Å². The first kappa shape index (κ1) is 33.6. The van der Waals surface area contributed by atoms with Crippen LogP contribution in [-0.2, 0) is 5.41 Å². The number of anilines is 3. The molecule has 0 atom stereocenters. The van der Waals surface area contributed by atoms with E-state index in [2.05, 4.69) is 231 Å². The Hall–Kier alpha value is -6.96. The molecule has 0 N–H and O–H groups in total. The van der Waals surface area contributed by atoms with Crippen molar-refractivity contribution >= 4 is 27.8 Å². The Labute approximate surface area is 329 Å². The number of hydrogen-bond donors (Lipinski definition) is 0. The van der Waals surface area contributed by atoms with E-state index in [4.69, 9.17) is 0 Å². The normalized spacial score (nSPS) is 12.6. The molecule has 0 spiro atoms. The van der Waals surface area contributed by atoms with Gasteiger partial charge in [0.1, 0.15) is 0 Å². The minimum Gasteiger partial charge on any atom is -0.310 e. The summed E-state index contributed by atoms with van der Waals surface area (Å²) in [5.74, 6) is 0. The van der Waals surface area contributed by atoms with E-state index in [0.29, 0.717) is 0 Å². The zero-order chi connectivity index (χ0) is 37.6. The minimum absolute atomic E-state index is 0.0454. The van der Waals surface area contributed by atoms with Gasteiger partial charge in [0.05, 0.1) is 5.69 Å². The molecular formula is C55H41N. The molecule has 9 aromatic carbocycles. The third-order valence-corrected chi connectivity index (χ3v) is 11.7. The highest BCUT2D eigenvalue weighted by Crippen LogP contribution is 2.50. The van der Waals surface area contributed by atoms with Gasteiger partial charge in [0.15, 0.2) is 0 Å². The van der Waals surface area contributed by atoms with Crippen molar-refractivity contribution in [2.45, 2.75) is 19.3 Å². The van der Waals surface area contributed by atoms with E-state index in [1.54, 1.807) is 0 Å². The molecule has 1 aliphatic carbocycles.